The maximum Gasteiger partial charge on any atom is 0.253 e. The number of nitrogens with one attached hydrogen (secondary N) is 1. The molecule has 3 aromatic rings. The zero-order valence-electron chi connectivity index (χ0n) is 15.6. The third-order valence-corrected chi connectivity index (χ3v) is 4.81. The van der Waals surface area contributed by atoms with E-state index in [2.05, 4.69) is 17.2 Å². The van der Waals surface area contributed by atoms with Gasteiger partial charge in [-0.1, -0.05) is 69.0 Å². The van der Waals surface area contributed by atoms with Crippen molar-refractivity contribution in [2.75, 3.05) is 0 Å². The summed E-state index contributed by atoms with van der Waals surface area (Å²) in [5.74, 6) is -0.786. The van der Waals surface area contributed by atoms with Crippen LogP contribution in [-0.4, -0.2) is 22.8 Å². The van der Waals surface area contributed by atoms with Gasteiger partial charge in [0.15, 0.2) is 0 Å². The molecule has 0 radical (unpaired) electrons. The Labute approximate surface area is 159 Å². The fourth-order valence-corrected chi connectivity index (χ4v) is 3.38. The Morgan fingerprint density at radius 2 is 1.56 bits per heavy atom. The number of para-hydroxylation sites is 2. The minimum Gasteiger partial charge on any atom is -0.368 e. The van der Waals surface area contributed by atoms with Crippen molar-refractivity contribution >= 4 is 33.6 Å². The van der Waals surface area contributed by atoms with E-state index >= 15 is 0 Å². The minimum atomic E-state index is -0.667. The summed E-state index contributed by atoms with van der Waals surface area (Å²) >= 11 is 0. The molecule has 3 N–H and O–H groups in total. The van der Waals surface area contributed by atoms with Crippen LogP contribution in [0.5, 0.6) is 0 Å². The van der Waals surface area contributed by atoms with Crippen LogP contribution in [0.15, 0.2) is 48.5 Å². The number of hydrogen-bond acceptors (Lipinski definition) is 3. The lowest BCUT2D eigenvalue weighted by Crippen LogP contribution is -2.44. The van der Waals surface area contributed by atoms with Crippen molar-refractivity contribution in [2.45, 2.75) is 45.1 Å². The van der Waals surface area contributed by atoms with Gasteiger partial charge in [0.05, 0.1) is 16.6 Å². The van der Waals surface area contributed by atoms with Crippen LogP contribution in [-0.2, 0) is 4.79 Å². The van der Waals surface area contributed by atoms with Crippen LogP contribution >= 0.6 is 0 Å². The van der Waals surface area contributed by atoms with E-state index in [-0.39, 0.29) is 5.91 Å². The first-order valence-electron chi connectivity index (χ1n) is 9.49. The van der Waals surface area contributed by atoms with Gasteiger partial charge >= 0.3 is 0 Å². The maximum absolute atomic E-state index is 13.1. The molecule has 0 unspecified atom stereocenters. The van der Waals surface area contributed by atoms with Crippen LogP contribution in [0.3, 0.4) is 0 Å². The van der Waals surface area contributed by atoms with E-state index in [1.165, 1.54) is 0 Å². The highest BCUT2D eigenvalue weighted by Crippen LogP contribution is 2.26. The molecule has 1 aromatic heterocycles. The zero-order chi connectivity index (χ0) is 19.2. The number of nitrogens with zero attached hydrogens (tertiary/aromatic N) is 1. The molecule has 27 heavy (non-hydrogen) atoms. The van der Waals surface area contributed by atoms with Gasteiger partial charge in [-0.3, -0.25) is 9.59 Å². The van der Waals surface area contributed by atoms with Crippen LogP contribution in [0, 0.1) is 0 Å². The van der Waals surface area contributed by atoms with E-state index in [9.17, 15) is 9.59 Å². The first kappa shape index (κ1) is 18.8. The highest BCUT2D eigenvalue weighted by Gasteiger charge is 2.22. The van der Waals surface area contributed by atoms with Crippen LogP contribution in [0.4, 0.5) is 0 Å². The molecule has 0 aliphatic carbocycles. The van der Waals surface area contributed by atoms with Crippen molar-refractivity contribution in [3.05, 3.63) is 54.1 Å². The van der Waals surface area contributed by atoms with Gasteiger partial charge in [0, 0.05) is 10.8 Å². The summed E-state index contributed by atoms with van der Waals surface area (Å²) in [7, 11) is 0. The van der Waals surface area contributed by atoms with Crippen LogP contribution in [0.1, 0.15) is 49.4 Å². The number of amides is 2. The molecule has 5 nitrogen and oxygen atoms in total. The second kappa shape index (κ2) is 8.62. The van der Waals surface area contributed by atoms with E-state index in [0.717, 1.165) is 47.5 Å². The molecule has 0 saturated heterocycles. The van der Waals surface area contributed by atoms with Crippen molar-refractivity contribution in [2.24, 2.45) is 5.73 Å². The second-order valence-electron chi connectivity index (χ2n) is 6.80. The number of unbranched alkanes of at least 4 members (excludes halogenated alkanes) is 3. The van der Waals surface area contributed by atoms with Crippen LogP contribution in [0.25, 0.3) is 21.8 Å². The van der Waals surface area contributed by atoms with E-state index in [1.54, 1.807) is 0 Å². The topological polar surface area (TPSA) is 85.1 Å². The van der Waals surface area contributed by atoms with Crippen molar-refractivity contribution in [1.29, 1.82) is 0 Å². The normalized spacial score (nSPS) is 12.2. The Bertz CT molecular complexity index is 914. The lowest BCUT2D eigenvalue weighted by molar-refractivity contribution is -0.120. The molecule has 1 heterocycles. The van der Waals surface area contributed by atoms with Gasteiger partial charge < -0.3 is 11.1 Å². The number of fused-ring (bicyclic) bond motifs is 2. The van der Waals surface area contributed by atoms with Crippen molar-refractivity contribution in [1.82, 2.24) is 10.3 Å². The maximum atomic E-state index is 13.1. The number of carbonyl (C=O) groups excluding carboxylic acids is 2. The van der Waals surface area contributed by atoms with Crippen LogP contribution in [0.2, 0.25) is 0 Å². The number of benzene rings is 2. The standard InChI is InChI=1S/C22H25N3O2/c1-2-3-4-5-14-19(21(23)26)25-22(27)20-15-10-6-8-12-17(15)24-18-13-9-7-11-16(18)20/h6-13,19H,2-5,14H2,1H3,(H2,23,26)(H,25,27)/t19-/m1/s1. The Kier molecular flexibility index (Phi) is 6.01. The Balaban J connectivity index is 1.94. The Hall–Kier alpha value is -2.95. The van der Waals surface area contributed by atoms with Gasteiger partial charge in [-0.05, 0) is 18.6 Å². The summed E-state index contributed by atoms with van der Waals surface area (Å²) in [6.45, 7) is 2.13. The highest BCUT2D eigenvalue weighted by atomic mass is 16.2. The van der Waals surface area contributed by atoms with Gasteiger partial charge in [-0.15, -0.1) is 0 Å². The lowest BCUT2D eigenvalue weighted by Gasteiger charge is -2.17. The number of hydrogen-bond donors (Lipinski definition) is 2. The lowest BCUT2D eigenvalue weighted by atomic mass is 10.0. The monoisotopic (exact) mass is 363 g/mol. The van der Waals surface area contributed by atoms with Gasteiger partial charge in [0.1, 0.15) is 6.04 Å². The zero-order valence-corrected chi connectivity index (χ0v) is 15.6. The van der Waals surface area contributed by atoms with Crippen LogP contribution < -0.4 is 11.1 Å². The van der Waals surface area contributed by atoms with Crippen molar-refractivity contribution in [3.63, 3.8) is 0 Å². The van der Waals surface area contributed by atoms with Gasteiger partial charge in [0.2, 0.25) is 5.91 Å². The van der Waals surface area contributed by atoms with Crippen molar-refractivity contribution < 1.29 is 9.59 Å². The predicted molar refractivity (Wildman–Crippen MR) is 108 cm³/mol. The summed E-state index contributed by atoms with van der Waals surface area (Å²) < 4.78 is 0. The molecule has 2 aromatic carbocycles. The van der Waals surface area contributed by atoms with Gasteiger partial charge in [-0.25, -0.2) is 4.98 Å². The van der Waals surface area contributed by atoms with E-state index < -0.39 is 11.9 Å². The number of primary amides is 1. The first-order chi connectivity index (χ1) is 13.1. The van der Waals surface area contributed by atoms with E-state index in [1.807, 2.05) is 48.5 Å². The summed E-state index contributed by atoms with van der Waals surface area (Å²) in [6.07, 6.45) is 4.67. The molecule has 0 aliphatic heterocycles. The average Bonchev–Trinajstić information content (AvgIpc) is 2.68. The third kappa shape index (κ3) is 4.25. The molecule has 3 rings (SSSR count). The summed E-state index contributed by atoms with van der Waals surface area (Å²) in [6, 6.07) is 14.4. The molecule has 0 fully saturated rings. The average molecular weight is 363 g/mol. The minimum absolute atomic E-state index is 0.288. The van der Waals surface area contributed by atoms with Gasteiger partial charge in [0.25, 0.3) is 5.91 Å². The first-order valence-corrected chi connectivity index (χ1v) is 9.49. The molecule has 140 valence electrons. The quantitative estimate of drug-likeness (QED) is 0.469. The smallest absolute Gasteiger partial charge is 0.253 e. The summed E-state index contributed by atoms with van der Waals surface area (Å²) in [5, 5.41) is 4.39. The van der Waals surface area contributed by atoms with E-state index in [4.69, 9.17) is 5.73 Å². The highest BCUT2D eigenvalue weighted by molar-refractivity contribution is 6.16. The molecule has 0 bridgehead atoms. The molecule has 5 heteroatoms. The number of aromatic nitrogens is 1. The SMILES string of the molecule is CCCCCC[C@@H](NC(=O)c1c2ccccc2nc2ccccc12)C(N)=O. The largest absolute Gasteiger partial charge is 0.368 e. The second-order valence-corrected chi connectivity index (χ2v) is 6.80. The Morgan fingerprint density at radius 1 is 0.963 bits per heavy atom. The molecule has 2 amide bonds. The summed E-state index contributed by atoms with van der Waals surface area (Å²) in [5.41, 5.74) is 7.57. The summed E-state index contributed by atoms with van der Waals surface area (Å²) in [4.78, 5) is 29.6. The van der Waals surface area contributed by atoms with Crippen molar-refractivity contribution in [3.8, 4) is 0 Å². The predicted octanol–water partition coefficient (Wildman–Crippen LogP) is 3.94. The molecular weight excluding hydrogens is 338 g/mol. The molecule has 1 atom stereocenters. The molecule has 0 spiro atoms. The fraction of sp³-hybridized carbons (Fsp3) is 0.318. The molecule has 0 aliphatic rings. The van der Waals surface area contributed by atoms with E-state index in [0.29, 0.717) is 12.0 Å². The van der Waals surface area contributed by atoms with Gasteiger partial charge in [-0.2, -0.15) is 0 Å². The number of carbonyl (C=O) groups is 2. The Morgan fingerprint density at radius 3 is 2.11 bits per heavy atom. The number of pyridine rings is 1. The number of rotatable bonds is 8. The number of nitrogens with two attached hydrogens (primary N) is 1. The molecular formula is C22H25N3O2. The third-order valence-electron chi connectivity index (χ3n) is 4.81. The fourth-order valence-electron chi connectivity index (χ4n) is 3.38. The molecule has 0 saturated carbocycles.